The van der Waals surface area contributed by atoms with E-state index in [1.165, 1.54) is 18.2 Å². The van der Waals surface area contributed by atoms with Crippen LogP contribution in [0.4, 0.5) is 10.1 Å². The Kier molecular flexibility index (Phi) is 6.23. The maximum absolute atomic E-state index is 13.1. The smallest absolute Gasteiger partial charge is 0.357 e. The standard InChI is InChI=1S/C17H16ClFN2O2S/c1-11(2)21(13-8-6-12(19)7-9-13)16(24)10-23-17(22)14-4-3-5-15(18)20-14/h3-9,11H,10H2,1-2H3. The minimum absolute atomic E-state index is 0.0194. The van der Waals surface area contributed by atoms with Gasteiger partial charge in [0.25, 0.3) is 0 Å². The molecule has 1 aromatic carbocycles. The average molecular weight is 367 g/mol. The van der Waals surface area contributed by atoms with Crippen LogP contribution in [-0.2, 0) is 4.74 Å². The molecule has 0 N–H and O–H groups in total. The normalized spacial score (nSPS) is 10.5. The van der Waals surface area contributed by atoms with E-state index in [-0.39, 0.29) is 29.3 Å². The lowest BCUT2D eigenvalue weighted by Gasteiger charge is -2.29. The zero-order chi connectivity index (χ0) is 17.7. The summed E-state index contributed by atoms with van der Waals surface area (Å²) < 4.78 is 18.3. The first-order valence-corrected chi connectivity index (χ1v) is 8.04. The molecule has 0 unspecified atom stereocenters. The van der Waals surface area contributed by atoms with Crippen molar-refractivity contribution in [3.8, 4) is 0 Å². The Morgan fingerprint density at radius 2 is 1.96 bits per heavy atom. The summed E-state index contributed by atoms with van der Waals surface area (Å²) in [5.41, 5.74) is 0.844. The number of hydrogen-bond acceptors (Lipinski definition) is 4. The van der Waals surface area contributed by atoms with Crippen molar-refractivity contribution < 1.29 is 13.9 Å². The molecule has 0 atom stereocenters. The van der Waals surface area contributed by atoms with Gasteiger partial charge in [-0.2, -0.15) is 0 Å². The Morgan fingerprint density at radius 3 is 2.54 bits per heavy atom. The molecule has 0 bridgehead atoms. The Labute approximate surface area is 150 Å². The maximum Gasteiger partial charge on any atom is 0.357 e. The average Bonchev–Trinajstić information content (AvgIpc) is 2.54. The van der Waals surface area contributed by atoms with Crippen molar-refractivity contribution in [1.29, 1.82) is 0 Å². The first-order valence-electron chi connectivity index (χ1n) is 7.26. The number of hydrogen-bond donors (Lipinski definition) is 0. The van der Waals surface area contributed by atoms with Gasteiger partial charge in [0.05, 0.1) is 0 Å². The highest BCUT2D eigenvalue weighted by Gasteiger charge is 2.18. The van der Waals surface area contributed by atoms with Crippen molar-refractivity contribution in [2.75, 3.05) is 11.5 Å². The molecule has 2 rings (SSSR count). The van der Waals surface area contributed by atoms with E-state index in [0.717, 1.165) is 5.69 Å². The van der Waals surface area contributed by atoms with Gasteiger partial charge < -0.3 is 9.64 Å². The highest BCUT2D eigenvalue weighted by Crippen LogP contribution is 2.19. The molecule has 7 heteroatoms. The Bertz CT molecular complexity index is 738. The van der Waals surface area contributed by atoms with E-state index in [2.05, 4.69) is 4.98 Å². The number of thiocarbonyl (C=S) groups is 1. The molecule has 0 aliphatic heterocycles. The molecule has 0 saturated carbocycles. The van der Waals surface area contributed by atoms with Crippen LogP contribution in [0, 0.1) is 5.82 Å². The Hall–Kier alpha value is -2.05. The van der Waals surface area contributed by atoms with Crippen LogP contribution in [0.25, 0.3) is 0 Å². The fourth-order valence-electron chi connectivity index (χ4n) is 2.12. The van der Waals surface area contributed by atoms with Crippen molar-refractivity contribution in [3.63, 3.8) is 0 Å². The van der Waals surface area contributed by atoms with Crippen molar-refractivity contribution >= 4 is 40.5 Å². The van der Waals surface area contributed by atoms with Gasteiger partial charge in [-0.05, 0) is 50.2 Å². The van der Waals surface area contributed by atoms with Gasteiger partial charge in [-0.15, -0.1) is 0 Å². The van der Waals surface area contributed by atoms with Crippen molar-refractivity contribution in [2.45, 2.75) is 19.9 Å². The zero-order valence-electron chi connectivity index (χ0n) is 13.2. The van der Waals surface area contributed by atoms with Gasteiger partial charge in [0.15, 0.2) is 0 Å². The summed E-state index contributed by atoms with van der Waals surface area (Å²) in [4.78, 5) is 18.1. The first-order chi connectivity index (χ1) is 11.4. The number of benzene rings is 1. The lowest BCUT2D eigenvalue weighted by atomic mass is 10.2. The van der Waals surface area contributed by atoms with Crippen molar-refractivity contribution in [1.82, 2.24) is 4.98 Å². The number of pyridine rings is 1. The van der Waals surface area contributed by atoms with Gasteiger partial charge in [0.1, 0.15) is 28.3 Å². The number of esters is 1. The van der Waals surface area contributed by atoms with Gasteiger partial charge in [-0.3, -0.25) is 0 Å². The van der Waals surface area contributed by atoms with Gasteiger partial charge in [0.2, 0.25) is 0 Å². The molecule has 0 fully saturated rings. The Balaban J connectivity index is 2.06. The summed E-state index contributed by atoms with van der Waals surface area (Å²) in [5, 5.41) is 0.210. The fraction of sp³-hybridized carbons (Fsp3) is 0.235. The predicted molar refractivity (Wildman–Crippen MR) is 96.1 cm³/mol. The van der Waals surface area contributed by atoms with Crippen LogP contribution in [0.15, 0.2) is 42.5 Å². The number of anilines is 1. The summed E-state index contributed by atoms with van der Waals surface area (Å²) in [6.45, 7) is 3.80. The molecule has 1 aromatic heterocycles. The highest BCUT2D eigenvalue weighted by molar-refractivity contribution is 7.80. The minimum atomic E-state index is -0.609. The largest absolute Gasteiger partial charge is 0.454 e. The fourth-order valence-corrected chi connectivity index (χ4v) is 2.66. The Morgan fingerprint density at radius 1 is 1.29 bits per heavy atom. The first kappa shape index (κ1) is 18.3. The van der Waals surface area contributed by atoms with E-state index >= 15 is 0 Å². The number of rotatable bonds is 5. The van der Waals surface area contributed by atoms with E-state index in [0.29, 0.717) is 4.99 Å². The summed E-state index contributed by atoms with van der Waals surface area (Å²) in [5.74, 6) is -0.936. The second-order valence-electron chi connectivity index (χ2n) is 5.26. The van der Waals surface area contributed by atoms with Crippen molar-refractivity contribution in [3.05, 3.63) is 59.1 Å². The van der Waals surface area contributed by atoms with E-state index in [4.69, 9.17) is 28.6 Å². The number of ether oxygens (including phenoxy) is 1. The summed E-state index contributed by atoms with van der Waals surface area (Å²) in [7, 11) is 0. The van der Waals surface area contributed by atoms with Gasteiger partial charge in [0, 0.05) is 11.7 Å². The summed E-state index contributed by atoms with van der Waals surface area (Å²) in [6.07, 6.45) is 0. The van der Waals surface area contributed by atoms with Gasteiger partial charge in [-0.25, -0.2) is 14.2 Å². The zero-order valence-corrected chi connectivity index (χ0v) is 14.8. The predicted octanol–water partition coefficient (Wildman–Crippen LogP) is 4.27. The van der Waals surface area contributed by atoms with Crippen LogP contribution >= 0.6 is 23.8 Å². The maximum atomic E-state index is 13.1. The minimum Gasteiger partial charge on any atom is -0.454 e. The van der Waals surface area contributed by atoms with Crippen LogP contribution in [0.2, 0.25) is 5.15 Å². The van der Waals surface area contributed by atoms with E-state index in [1.54, 1.807) is 29.2 Å². The lowest BCUT2D eigenvalue weighted by molar-refractivity contribution is 0.0557. The summed E-state index contributed by atoms with van der Waals surface area (Å²) >= 11 is 11.1. The topological polar surface area (TPSA) is 42.4 Å². The third-order valence-corrected chi connectivity index (χ3v) is 3.67. The van der Waals surface area contributed by atoms with Crippen LogP contribution in [0.5, 0.6) is 0 Å². The lowest BCUT2D eigenvalue weighted by Crippen LogP contribution is -2.38. The van der Waals surface area contributed by atoms with Crippen LogP contribution < -0.4 is 4.90 Å². The molecular weight excluding hydrogens is 351 g/mol. The molecule has 1 heterocycles. The molecule has 0 aliphatic carbocycles. The number of carbonyl (C=O) groups is 1. The molecule has 24 heavy (non-hydrogen) atoms. The number of halogens is 2. The second kappa shape index (κ2) is 8.17. The van der Waals surface area contributed by atoms with E-state index in [9.17, 15) is 9.18 Å². The second-order valence-corrected chi connectivity index (χ2v) is 6.11. The molecule has 0 aliphatic rings. The summed E-state index contributed by atoms with van der Waals surface area (Å²) in [6, 6.07) is 10.7. The van der Waals surface area contributed by atoms with Gasteiger partial charge in [-0.1, -0.05) is 29.9 Å². The molecule has 0 radical (unpaired) electrons. The van der Waals surface area contributed by atoms with Crippen LogP contribution in [0.3, 0.4) is 0 Å². The SMILES string of the molecule is CC(C)N(C(=S)COC(=O)c1cccc(Cl)n1)c1ccc(F)cc1. The van der Waals surface area contributed by atoms with Crippen LogP contribution in [-0.4, -0.2) is 28.6 Å². The molecule has 4 nitrogen and oxygen atoms in total. The third-order valence-electron chi connectivity index (χ3n) is 3.14. The number of aromatic nitrogens is 1. The quantitative estimate of drug-likeness (QED) is 0.449. The van der Waals surface area contributed by atoms with Crippen LogP contribution in [0.1, 0.15) is 24.3 Å². The molecule has 0 saturated heterocycles. The monoisotopic (exact) mass is 366 g/mol. The number of carbonyl (C=O) groups excluding carboxylic acids is 1. The van der Waals surface area contributed by atoms with E-state index in [1.807, 2.05) is 13.8 Å². The molecule has 0 spiro atoms. The molecular formula is C17H16ClFN2O2S. The highest BCUT2D eigenvalue weighted by atomic mass is 35.5. The molecule has 2 aromatic rings. The van der Waals surface area contributed by atoms with E-state index < -0.39 is 5.97 Å². The third kappa shape index (κ3) is 4.72. The van der Waals surface area contributed by atoms with Crippen molar-refractivity contribution in [2.24, 2.45) is 0 Å². The van der Waals surface area contributed by atoms with Gasteiger partial charge >= 0.3 is 5.97 Å². The molecule has 0 amide bonds. The molecule has 126 valence electrons. The number of nitrogens with zero attached hydrogens (tertiary/aromatic N) is 2.